The number of nitrogens with zero attached hydrogens (tertiary/aromatic N) is 1. The highest BCUT2D eigenvalue weighted by Crippen LogP contribution is 2.23. The fraction of sp³-hybridized carbons (Fsp3) is 0.833. The Morgan fingerprint density at radius 3 is 2.41 bits per heavy atom. The minimum absolute atomic E-state index is 0.0414. The lowest BCUT2D eigenvalue weighted by Gasteiger charge is -2.28. The molecule has 0 bridgehead atoms. The van der Waals surface area contributed by atoms with Crippen molar-refractivity contribution in [3.05, 3.63) is 0 Å². The van der Waals surface area contributed by atoms with Gasteiger partial charge in [-0.2, -0.15) is 0 Å². The maximum Gasteiger partial charge on any atom is 0.325 e. The first-order chi connectivity index (χ1) is 8.04. The van der Waals surface area contributed by atoms with Crippen molar-refractivity contribution in [2.75, 3.05) is 13.7 Å². The fourth-order valence-corrected chi connectivity index (χ4v) is 2.12. The first-order valence-corrected chi connectivity index (χ1v) is 6.18. The quantitative estimate of drug-likeness (QED) is 0.760. The molecule has 0 unspecified atom stereocenters. The van der Waals surface area contributed by atoms with Crippen LogP contribution in [0.5, 0.6) is 0 Å². The van der Waals surface area contributed by atoms with Crippen molar-refractivity contribution in [3.8, 4) is 0 Å². The highest BCUT2D eigenvalue weighted by molar-refractivity contribution is 5.81. The monoisotopic (exact) mass is 242 g/mol. The molecule has 1 aliphatic carbocycles. The molecule has 0 spiro atoms. The van der Waals surface area contributed by atoms with Gasteiger partial charge in [-0.25, -0.2) is 4.79 Å². The van der Waals surface area contributed by atoms with Crippen LogP contribution in [0.1, 0.15) is 39.5 Å². The zero-order valence-corrected chi connectivity index (χ0v) is 10.9. The molecule has 1 fully saturated rings. The minimum atomic E-state index is -0.365. The first kappa shape index (κ1) is 13.8. The zero-order valence-electron chi connectivity index (χ0n) is 10.9. The summed E-state index contributed by atoms with van der Waals surface area (Å²) in [4.78, 5) is 24.9. The van der Waals surface area contributed by atoms with E-state index in [1.165, 1.54) is 7.11 Å². The Balaban J connectivity index is 2.63. The highest BCUT2D eigenvalue weighted by Gasteiger charge is 2.28. The van der Waals surface area contributed by atoms with Crippen molar-refractivity contribution in [1.82, 2.24) is 10.2 Å². The Kier molecular flexibility index (Phi) is 5.25. The normalized spacial score (nSPS) is 16.0. The van der Waals surface area contributed by atoms with Gasteiger partial charge in [-0.1, -0.05) is 12.8 Å². The topological polar surface area (TPSA) is 58.6 Å². The number of ether oxygens (including phenoxy) is 1. The first-order valence-electron chi connectivity index (χ1n) is 6.18. The van der Waals surface area contributed by atoms with Crippen molar-refractivity contribution < 1.29 is 14.3 Å². The van der Waals surface area contributed by atoms with Crippen molar-refractivity contribution >= 4 is 12.0 Å². The molecule has 2 amide bonds. The summed E-state index contributed by atoms with van der Waals surface area (Å²) in [6, 6.07) is 0.0780. The second-order valence-corrected chi connectivity index (χ2v) is 4.75. The molecule has 98 valence electrons. The molecule has 0 aromatic heterocycles. The predicted molar refractivity (Wildman–Crippen MR) is 64.6 cm³/mol. The Morgan fingerprint density at radius 1 is 1.35 bits per heavy atom. The SMILES string of the molecule is COC(=O)CN(C(=O)NC(C)C)C1CCCC1. The molecule has 17 heavy (non-hydrogen) atoms. The molecule has 1 saturated carbocycles. The number of nitrogens with one attached hydrogen (secondary N) is 1. The van der Waals surface area contributed by atoms with Gasteiger partial charge < -0.3 is 15.0 Å². The van der Waals surface area contributed by atoms with Crippen LogP contribution in [-0.2, 0) is 9.53 Å². The molecule has 0 radical (unpaired) electrons. The second kappa shape index (κ2) is 6.47. The molecule has 1 rings (SSSR count). The van der Waals surface area contributed by atoms with E-state index in [0.29, 0.717) is 0 Å². The average Bonchev–Trinajstić information content (AvgIpc) is 2.77. The standard InChI is InChI=1S/C12H22N2O3/c1-9(2)13-12(16)14(8-11(15)17-3)10-6-4-5-7-10/h9-10H,4-8H2,1-3H3,(H,13,16). The molecule has 1 aliphatic rings. The van der Waals surface area contributed by atoms with Gasteiger partial charge in [0.05, 0.1) is 7.11 Å². The summed E-state index contributed by atoms with van der Waals surface area (Å²) in [7, 11) is 1.34. The van der Waals surface area contributed by atoms with Gasteiger partial charge in [0.15, 0.2) is 0 Å². The Labute approximate surface area is 102 Å². The lowest BCUT2D eigenvalue weighted by atomic mass is 10.2. The number of amides is 2. The Bertz CT molecular complexity index is 273. The molecule has 0 aromatic rings. The summed E-state index contributed by atoms with van der Waals surface area (Å²) >= 11 is 0. The Hall–Kier alpha value is -1.26. The molecule has 0 saturated heterocycles. The Morgan fingerprint density at radius 2 is 1.94 bits per heavy atom. The van der Waals surface area contributed by atoms with E-state index in [2.05, 4.69) is 10.1 Å². The molecule has 5 nitrogen and oxygen atoms in total. The number of methoxy groups -OCH3 is 1. The molecule has 5 heteroatoms. The van der Waals surface area contributed by atoms with E-state index in [0.717, 1.165) is 25.7 Å². The van der Waals surface area contributed by atoms with E-state index < -0.39 is 0 Å². The van der Waals surface area contributed by atoms with Crippen LogP contribution >= 0.6 is 0 Å². The number of carbonyl (C=O) groups is 2. The maximum absolute atomic E-state index is 12.0. The largest absolute Gasteiger partial charge is 0.468 e. The van der Waals surface area contributed by atoms with E-state index in [1.807, 2.05) is 13.8 Å². The summed E-state index contributed by atoms with van der Waals surface area (Å²) in [5.41, 5.74) is 0. The van der Waals surface area contributed by atoms with Gasteiger partial charge in [-0.05, 0) is 26.7 Å². The van der Waals surface area contributed by atoms with Gasteiger partial charge in [0.1, 0.15) is 6.54 Å². The maximum atomic E-state index is 12.0. The smallest absolute Gasteiger partial charge is 0.325 e. The van der Waals surface area contributed by atoms with Crippen LogP contribution in [-0.4, -0.2) is 42.6 Å². The van der Waals surface area contributed by atoms with Crippen LogP contribution in [0.4, 0.5) is 4.79 Å². The van der Waals surface area contributed by atoms with E-state index in [-0.39, 0.29) is 30.6 Å². The van der Waals surface area contributed by atoms with E-state index in [4.69, 9.17) is 0 Å². The number of carbonyl (C=O) groups excluding carboxylic acids is 2. The van der Waals surface area contributed by atoms with Gasteiger partial charge in [-0.3, -0.25) is 4.79 Å². The van der Waals surface area contributed by atoms with E-state index >= 15 is 0 Å². The molecular weight excluding hydrogens is 220 g/mol. The summed E-state index contributed by atoms with van der Waals surface area (Å²) in [5.74, 6) is -0.365. The predicted octanol–water partition coefficient (Wildman–Crippen LogP) is 1.52. The van der Waals surface area contributed by atoms with Gasteiger partial charge in [-0.15, -0.1) is 0 Å². The van der Waals surface area contributed by atoms with Gasteiger partial charge in [0.2, 0.25) is 0 Å². The molecule has 0 heterocycles. The molecule has 0 aliphatic heterocycles. The van der Waals surface area contributed by atoms with Crippen molar-refractivity contribution in [1.29, 1.82) is 0 Å². The number of hydrogen-bond acceptors (Lipinski definition) is 3. The van der Waals surface area contributed by atoms with E-state index in [1.54, 1.807) is 4.90 Å². The third-order valence-electron chi connectivity index (χ3n) is 2.97. The lowest BCUT2D eigenvalue weighted by Crippen LogP contribution is -2.49. The third kappa shape index (κ3) is 4.24. The van der Waals surface area contributed by atoms with Gasteiger partial charge in [0.25, 0.3) is 0 Å². The third-order valence-corrected chi connectivity index (χ3v) is 2.97. The number of urea groups is 1. The van der Waals surface area contributed by atoms with Crippen LogP contribution in [0.15, 0.2) is 0 Å². The molecule has 1 N–H and O–H groups in total. The van der Waals surface area contributed by atoms with Crippen LogP contribution in [0.2, 0.25) is 0 Å². The summed E-state index contributed by atoms with van der Waals surface area (Å²) in [5, 5.41) is 2.83. The van der Waals surface area contributed by atoms with Crippen LogP contribution in [0, 0.1) is 0 Å². The fourth-order valence-electron chi connectivity index (χ4n) is 2.12. The minimum Gasteiger partial charge on any atom is -0.468 e. The van der Waals surface area contributed by atoms with Crippen molar-refractivity contribution in [2.45, 2.75) is 51.6 Å². The van der Waals surface area contributed by atoms with Crippen LogP contribution in [0.3, 0.4) is 0 Å². The zero-order chi connectivity index (χ0) is 12.8. The molecule has 0 aromatic carbocycles. The number of hydrogen-bond donors (Lipinski definition) is 1. The number of rotatable bonds is 4. The van der Waals surface area contributed by atoms with E-state index in [9.17, 15) is 9.59 Å². The summed E-state index contributed by atoms with van der Waals surface area (Å²) < 4.78 is 4.63. The highest BCUT2D eigenvalue weighted by atomic mass is 16.5. The van der Waals surface area contributed by atoms with Crippen LogP contribution < -0.4 is 5.32 Å². The number of esters is 1. The van der Waals surface area contributed by atoms with Crippen molar-refractivity contribution in [2.24, 2.45) is 0 Å². The van der Waals surface area contributed by atoms with Crippen LogP contribution in [0.25, 0.3) is 0 Å². The lowest BCUT2D eigenvalue weighted by molar-refractivity contribution is -0.141. The summed E-state index contributed by atoms with van der Waals surface area (Å²) in [6.07, 6.45) is 4.19. The summed E-state index contributed by atoms with van der Waals surface area (Å²) in [6.45, 7) is 3.85. The van der Waals surface area contributed by atoms with Gasteiger partial charge >= 0.3 is 12.0 Å². The molecular formula is C12H22N2O3. The molecule has 0 atom stereocenters. The van der Waals surface area contributed by atoms with Crippen molar-refractivity contribution in [3.63, 3.8) is 0 Å². The average molecular weight is 242 g/mol. The second-order valence-electron chi connectivity index (χ2n) is 4.75. The van der Waals surface area contributed by atoms with Gasteiger partial charge in [0, 0.05) is 12.1 Å².